The summed E-state index contributed by atoms with van der Waals surface area (Å²) in [6.45, 7) is 0.789. The average Bonchev–Trinajstić information content (AvgIpc) is 3.25. The number of aryl methyl sites for hydroxylation is 2. The Morgan fingerprint density at radius 1 is 0.875 bits per heavy atom. The molecule has 1 aromatic heterocycles. The Kier molecular flexibility index (Phi) is 3.10. The molecule has 1 aliphatic heterocycles. The van der Waals surface area contributed by atoms with E-state index in [0.29, 0.717) is 0 Å². The Balaban J connectivity index is 1.54. The van der Waals surface area contributed by atoms with E-state index in [2.05, 4.69) is 42.5 Å². The molecule has 0 atom stereocenters. The minimum absolute atomic E-state index is 0.150. The number of rotatable bonds is 1. The van der Waals surface area contributed by atoms with Crippen LogP contribution < -0.4 is 4.90 Å². The van der Waals surface area contributed by atoms with Gasteiger partial charge >= 0.3 is 0 Å². The summed E-state index contributed by atoms with van der Waals surface area (Å²) in [6, 6.07) is 18.9. The van der Waals surface area contributed by atoms with Crippen molar-refractivity contribution in [2.75, 3.05) is 11.4 Å². The van der Waals surface area contributed by atoms with Crippen molar-refractivity contribution in [1.82, 2.24) is 0 Å². The van der Waals surface area contributed by atoms with Crippen LogP contribution in [0.15, 0.2) is 54.6 Å². The summed E-state index contributed by atoms with van der Waals surface area (Å²) in [7, 11) is 0. The lowest BCUT2D eigenvalue weighted by molar-refractivity contribution is 0.0993. The Morgan fingerprint density at radius 2 is 1.62 bits per heavy atom. The van der Waals surface area contributed by atoms with E-state index in [-0.39, 0.29) is 5.91 Å². The van der Waals surface area contributed by atoms with Crippen LogP contribution in [0.25, 0.3) is 10.4 Å². The van der Waals surface area contributed by atoms with Crippen LogP contribution in [0.5, 0.6) is 0 Å². The minimum atomic E-state index is 0.150. The van der Waals surface area contributed by atoms with E-state index in [4.69, 9.17) is 0 Å². The summed E-state index contributed by atoms with van der Waals surface area (Å²) < 4.78 is 0. The van der Waals surface area contributed by atoms with Gasteiger partial charge in [-0.05, 0) is 53.6 Å². The van der Waals surface area contributed by atoms with Gasteiger partial charge in [-0.1, -0.05) is 42.5 Å². The minimum Gasteiger partial charge on any atom is -0.307 e. The van der Waals surface area contributed by atoms with E-state index in [1.54, 1.807) is 11.3 Å². The monoisotopic (exact) mass is 331 g/mol. The third-order valence-electron chi connectivity index (χ3n) is 5.08. The van der Waals surface area contributed by atoms with Crippen molar-refractivity contribution in [1.29, 1.82) is 0 Å². The van der Waals surface area contributed by atoms with Crippen LogP contribution in [0.1, 0.15) is 26.4 Å². The fraction of sp³-hybridized carbons (Fsp3) is 0.190. The van der Waals surface area contributed by atoms with Gasteiger partial charge < -0.3 is 4.90 Å². The summed E-state index contributed by atoms with van der Waals surface area (Å²) >= 11 is 1.66. The van der Waals surface area contributed by atoms with Gasteiger partial charge in [0.2, 0.25) is 0 Å². The maximum absolute atomic E-state index is 13.1. The Labute approximate surface area is 145 Å². The molecule has 3 aromatic rings. The van der Waals surface area contributed by atoms with Gasteiger partial charge in [0.1, 0.15) is 0 Å². The number of carbonyl (C=O) groups excluding carboxylic acids is 1. The molecule has 118 valence electrons. The zero-order chi connectivity index (χ0) is 16.1. The molecule has 3 heteroatoms. The topological polar surface area (TPSA) is 20.3 Å². The third-order valence-corrected chi connectivity index (χ3v) is 6.28. The van der Waals surface area contributed by atoms with Gasteiger partial charge in [0.05, 0.1) is 4.88 Å². The Morgan fingerprint density at radius 3 is 2.54 bits per heavy atom. The zero-order valence-electron chi connectivity index (χ0n) is 13.3. The molecular weight excluding hydrogens is 314 g/mol. The second-order valence-electron chi connectivity index (χ2n) is 6.46. The van der Waals surface area contributed by atoms with Crippen LogP contribution in [0, 0.1) is 0 Å². The number of fused-ring (bicyclic) bond motifs is 4. The average molecular weight is 331 g/mol. The van der Waals surface area contributed by atoms with Crippen molar-refractivity contribution in [3.05, 3.63) is 76.2 Å². The van der Waals surface area contributed by atoms with E-state index in [1.807, 2.05) is 17.0 Å². The van der Waals surface area contributed by atoms with Gasteiger partial charge in [-0.3, -0.25) is 4.79 Å². The first-order valence-electron chi connectivity index (χ1n) is 8.42. The number of hydrogen-bond acceptors (Lipinski definition) is 2. The van der Waals surface area contributed by atoms with Gasteiger partial charge in [-0.25, -0.2) is 0 Å². The second-order valence-corrected chi connectivity index (χ2v) is 7.51. The molecule has 0 saturated heterocycles. The number of amides is 1. The highest BCUT2D eigenvalue weighted by Gasteiger charge is 2.28. The van der Waals surface area contributed by atoms with Crippen molar-refractivity contribution in [2.45, 2.75) is 19.3 Å². The third kappa shape index (κ3) is 2.05. The number of benzene rings is 2. The van der Waals surface area contributed by atoms with E-state index < -0.39 is 0 Å². The van der Waals surface area contributed by atoms with Crippen molar-refractivity contribution >= 4 is 22.9 Å². The molecule has 2 nitrogen and oxygen atoms in total. The van der Waals surface area contributed by atoms with Gasteiger partial charge in [-0.15, -0.1) is 11.3 Å². The van der Waals surface area contributed by atoms with Crippen LogP contribution in [-0.4, -0.2) is 12.5 Å². The number of hydrogen-bond donors (Lipinski definition) is 0. The van der Waals surface area contributed by atoms with Crippen LogP contribution in [-0.2, 0) is 19.3 Å². The molecule has 0 fully saturated rings. The summed E-state index contributed by atoms with van der Waals surface area (Å²) in [5, 5.41) is 0. The molecular formula is C21H17NOS. The normalized spacial score (nSPS) is 14.9. The molecule has 0 saturated carbocycles. The molecule has 1 amide bonds. The lowest BCUT2D eigenvalue weighted by Crippen LogP contribution is -2.28. The first kappa shape index (κ1) is 14.0. The van der Waals surface area contributed by atoms with Gasteiger partial charge in [0.25, 0.3) is 5.91 Å². The highest BCUT2D eigenvalue weighted by Crippen LogP contribution is 2.40. The van der Waals surface area contributed by atoms with Crippen molar-refractivity contribution in [3.8, 4) is 10.4 Å². The Bertz CT molecular complexity index is 956. The highest BCUT2D eigenvalue weighted by atomic mass is 32.1. The van der Waals surface area contributed by atoms with Gasteiger partial charge in [0.15, 0.2) is 0 Å². The van der Waals surface area contributed by atoms with Crippen LogP contribution >= 0.6 is 11.3 Å². The molecule has 2 heterocycles. The fourth-order valence-corrected chi connectivity index (χ4v) is 5.08. The van der Waals surface area contributed by atoms with Crippen LogP contribution in [0.2, 0.25) is 0 Å². The lowest BCUT2D eigenvalue weighted by atomic mass is 9.91. The van der Waals surface area contributed by atoms with E-state index in [9.17, 15) is 4.79 Å². The zero-order valence-corrected chi connectivity index (χ0v) is 14.1. The van der Waals surface area contributed by atoms with Crippen LogP contribution in [0.3, 0.4) is 0 Å². The molecule has 0 N–H and O–H groups in total. The Hall–Kier alpha value is -2.39. The molecule has 2 aliphatic rings. The predicted molar refractivity (Wildman–Crippen MR) is 99.0 cm³/mol. The van der Waals surface area contributed by atoms with Crippen molar-refractivity contribution in [3.63, 3.8) is 0 Å². The first-order valence-corrected chi connectivity index (χ1v) is 9.24. The number of anilines is 1. The van der Waals surface area contributed by atoms with Crippen molar-refractivity contribution in [2.24, 2.45) is 0 Å². The summed E-state index contributed by atoms with van der Waals surface area (Å²) in [5.41, 5.74) is 6.39. The number of thiophene rings is 1. The second kappa shape index (κ2) is 5.32. The molecule has 1 aliphatic carbocycles. The molecule has 0 radical (unpaired) electrons. The fourth-order valence-electron chi connectivity index (χ4n) is 3.86. The molecule has 0 bridgehead atoms. The van der Waals surface area contributed by atoms with E-state index in [1.165, 1.54) is 27.1 Å². The summed E-state index contributed by atoms with van der Waals surface area (Å²) in [6.07, 6.45) is 3.06. The quantitative estimate of drug-likeness (QED) is 0.632. The molecule has 2 aromatic carbocycles. The molecule has 0 unspecified atom stereocenters. The SMILES string of the molecule is O=C(c1cc2c(s1)-c1ccccc1CC2)N1CCc2ccccc21. The number of carbonyl (C=O) groups is 1. The van der Waals surface area contributed by atoms with Crippen LogP contribution in [0.4, 0.5) is 5.69 Å². The first-order chi connectivity index (χ1) is 11.8. The van der Waals surface area contributed by atoms with Gasteiger partial charge in [0, 0.05) is 17.1 Å². The molecule has 24 heavy (non-hydrogen) atoms. The largest absolute Gasteiger partial charge is 0.307 e. The number of nitrogens with zero attached hydrogens (tertiary/aromatic N) is 1. The predicted octanol–water partition coefficient (Wildman–Crippen LogP) is 4.72. The maximum Gasteiger partial charge on any atom is 0.268 e. The summed E-state index contributed by atoms with van der Waals surface area (Å²) in [5.74, 6) is 0.150. The van der Waals surface area contributed by atoms with Gasteiger partial charge in [-0.2, -0.15) is 0 Å². The van der Waals surface area contributed by atoms with E-state index >= 15 is 0 Å². The standard InChI is InChI=1S/C21H17NOS/c23-21(22-12-11-15-6-2-4-8-18(15)22)19-13-16-10-9-14-5-1-3-7-17(14)20(16)24-19/h1-8,13H,9-12H2. The number of para-hydroxylation sites is 1. The maximum atomic E-state index is 13.1. The van der Waals surface area contributed by atoms with Crippen molar-refractivity contribution < 1.29 is 4.79 Å². The highest BCUT2D eigenvalue weighted by molar-refractivity contribution is 7.17. The van der Waals surface area contributed by atoms with E-state index in [0.717, 1.165) is 36.4 Å². The molecule has 0 spiro atoms. The smallest absolute Gasteiger partial charge is 0.268 e. The molecule has 5 rings (SSSR count). The summed E-state index contributed by atoms with van der Waals surface area (Å²) in [4.78, 5) is 17.2. The lowest BCUT2D eigenvalue weighted by Gasteiger charge is -2.16.